The van der Waals surface area contributed by atoms with E-state index in [9.17, 15) is 9.59 Å². The van der Waals surface area contributed by atoms with E-state index in [4.69, 9.17) is 10.5 Å². The van der Waals surface area contributed by atoms with E-state index in [2.05, 4.69) is 5.32 Å². The number of nitrogens with two attached hydrogens (primary N) is 1. The van der Waals surface area contributed by atoms with Crippen molar-refractivity contribution in [2.45, 2.75) is 12.5 Å². The predicted octanol–water partition coefficient (Wildman–Crippen LogP) is -0.259. The highest BCUT2D eigenvalue weighted by Crippen LogP contribution is 2.11. The summed E-state index contributed by atoms with van der Waals surface area (Å²) >= 11 is 0. The van der Waals surface area contributed by atoms with Crippen LogP contribution in [-0.2, 0) is 9.59 Å². The quantitative estimate of drug-likeness (QED) is 0.750. The van der Waals surface area contributed by atoms with E-state index in [-0.39, 0.29) is 25.1 Å². The molecule has 20 heavy (non-hydrogen) atoms. The minimum Gasteiger partial charge on any atom is -0.484 e. The number of ether oxygens (including phenoxy) is 1. The molecule has 1 fully saturated rings. The molecule has 6 nitrogen and oxygen atoms in total. The molecular weight excluding hydrogens is 258 g/mol. The van der Waals surface area contributed by atoms with Crippen LogP contribution < -0.4 is 15.8 Å². The first-order valence-corrected chi connectivity index (χ1v) is 6.63. The summed E-state index contributed by atoms with van der Waals surface area (Å²) in [7, 11) is 0. The molecule has 1 saturated heterocycles. The van der Waals surface area contributed by atoms with Crippen molar-refractivity contribution < 1.29 is 14.3 Å². The Hall–Kier alpha value is -2.08. The number of benzene rings is 1. The first kappa shape index (κ1) is 14.3. The molecule has 0 spiro atoms. The molecule has 0 aliphatic carbocycles. The number of carbonyl (C=O) groups is 2. The van der Waals surface area contributed by atoms with Gasteiger partial charge in [0.2, 0.25) is 5.91 Å². The molecule has 6 heteroatoms. The van der Waals surface area contributed by atoms with Gasteiger partial charge in [0, 0.05) is 12.6 Å². The number of nitrogens with zero attached hydrogens (tertiary/aromatic N) is 1. The Kier molecular flexibility index (Phi) is 4.95. The maximum atomic E-state index is 12.2. The summed E-state index contributed by atoms with van der Waals surface area (Å²) in [5, 5.41) is 3.17. The van der Waals surface area contributed by atoms with Crippen LogP contribution in [0.3, 0.4) is 0 Å². The van der Waals surface area contributed by atoms with E-state index in [0.29, 0.717) is 12.3 Å². The van der Waals surface area contributed by atoms with Gasteiger partial charge in [-0.05, 0) is 25.1 Å². The van der Waals surface area contributed by atoms with Crippen LogP contribution in [0.4, 0.5) is 0 Å². The third-order valence-electron chi connectivity index (χ3n) is 3.23. The summed E-state index contributed by atoms with van der Waals surface area (Å²) in [6.45, 7) is 1.37. The van der Waals surface area contributed by atoms with Crippen LogP contribution in [0.2, 0.25) is 0 Å². The number of carbonyl (C=O) groups excluding carboxylic acids is 2. The van der Waals surface area contributed by atoms with Crippen molar-refractivity contribution in [3.05, 3.63) is 30.3 Å². The Morgan fingerprint density at radius 3 is 2.70 bits per heavy atom. The number of hydrogen-bond acceptors (Lipinski definition) is 4. The Morgan fingerprint density at radius 1 is 1.35 bits per heavy atom. The van der Waals surface area contributed by atoms with Crippen molar-refractivity contribution in [3.63, 3.8) is 0 Å². The summed E-state index contributed by atoms with van der Waals surface area (Å²) in [5.41, 5.74) is 5.21. The molecule has 1 atom stereocenters. The maximum absolute atomic E-state index is 12.2. The van der Waals surface area contributed by atoms with Gasteiger partial charge in [-0.2, -0.15) is 0 Å². The molecule has 2 amide bonds. The molecular formula is C14H19N3O3. The molecule has 0 bridgehead atoms. The van der Waals surface area contributed by atoms with Crippen molar-refractivity contribution >= 4 is 11.8 Å². The molecule has 1 unspecified atom stereocenters. The van der Waals surface area contributed by atoms with Crippen molar-refractivity contribution in [2.75, 3.05) is 26.2 Å². The van der Waals surface area contributed by atoms with Gasteiger partial charge in [0.05, 0.1) is 6.54 Å². The Balaban J connectivity index is 1.93. The highest BCUT2D eigenvalue weighted by Gasteiger charge is 2.27. The average molecular weight is 277 g/mol. The number of nitrogens with one attached hydrogen (secondary N) is 1. The van der Waals surface area contributed by atoms with E-state index in [1.807, 2.05) is 18.2 Å². The molecule has 0 aromatic heterocycles. The lowest BCUT2D eigenvalue weighted by Gasteiger charge is -2.27. The van der Waals surface area contributed by atoms with Crippen molar-refractivity contribution in [1.82, 2.24) is 10.2 Å². The summed E-state index contributed by atoms with van der Waals surface area (Å²) in [6, 6.07) is 9.11. The van der Waals surface area contributed by atoms with Gasteiger partial charge in [-0.3, -0.25) is 9.59 Å². The number of amides is 2. The number of primary amides is 1. The van der Waals surface area contributed by atoms with Gasteiger partial charge >= 0.3 is 0 Å². The zero-order chi connectivity index (χ0) is 14.4. The molecule has 1 aliphatic rings. The van der Waals surface area contributed by atoms with E-state index in [1.165, 1.54) is 4.90 Å². The van der Waals surface area contributed by atoms with Gasteiger partial charge in [-0.1, -0.05) is 18.2 Å². The Labute approximate surface area is 117 Å². The van der Waals surface area contributed by atoms with Crippen LogP contribution in [0.25, 0.3) is 0 Å². The van der Waals surface area contributed by atoms with Crippen LogP contribution >= 0.6 is 0 Å². The fourth-order valence-corrected chi connectivity index (χ4v) is 2.24. The minimum absolute atomic E-state index is 0.00868. The van der Waals surface area contributed by atoms with Crippen LogP contribution in [0, 0.1) is 0 Å². The zero-order valence-electron chi connectivity index (χ0n) is 11.2. The third kappa shape index (κ3) is 3.96. The second-order valence-corrected chi connectivity index (χ2v) is 4.74. The van der Waals surface area contributed by atoms with Crippen molar-refractivity contribution in [1.29, 1.82) is 0 Å². The first-order chi connectivity index (χ1) is 9.66. The zero-order valence-corrected chi connectivity index (χ0v) is 11.2. The maximum Gasteiger partial charge on any atom is 0.261 e. The summed E-state index contributed by atoms with van der Waals surface area (Å²) < 4.78 is 5.43. The molecule has 0 saturated carbocycles. The van der Waals surface area contributed by atoms with Crippen LogP contribution in [0.1, 0.15) is 6.42 Å². The number of para-hydroxylation sites is 1. The summed E-state index contributed by atoms with van der Waals surface area (Å²) in [6.07, 6.45) is 0.824. The largest absolute Gasteiger partial charge is 0.484 e. The second-order valence-electron chi connectivity index (χ2n) is 4.74. The molecule has 3 N–H and O–H groups in total. The fourth-order valence-electron chi connectivity index (χ4n) is 2.24. The van der Waals surface area contributed by atoms with Gasteiger partial charge in [-0.25, -0.2) is 0 Å². The number of hydrogen-bond donors (Lipinski definition) is 2. The minimum atomic E-state index is -0.509. The molecule has 2 rings (SSSR count). The van der Waals surface area contributed by atoms with E-state index >= 15 is 0 Å². The smallest absolute Gasteiger partial charge is 0.261 e. The van der Waals surface area contributed by atoms with Gasteiger partial charge in [0.1, 0.15) is 5.75 Å². The van der Waals surface area contributed by atoms with Crippen LogP contribution in [0.5, 0.6) is 5.75 Å². The molecule has 1 aromatic rings. The Morgan fingerprint density at radius 2 is 2.10 bits per heavy atom. The molecule has 108 valence electrons. The lowest BCUT2D eigenvalue weighted by Crippen LogP contribution is -2.48. The molecule has 0 radical (unpaired) electrons. The highest BCUT2D eigenvalue weighted by molar-refractivity contribution is 5.84. The van der Waals surface area contributed by atoms with Gasteiger partial charge in [0.15, 0.2) is 6.61 Å². The van der Waals surface area contributed by atoms with E-state index < -0.39 is 5.91 Å². The summed E-state index contributed by atoms with van der Waals surface area (Å²) in [4.78, 5) is 24.8. The topological polar surface area (TPSA) is 84.7 Å². The number of rotatable bonds is 6. The predicted molar refractivity (Wildman–Crippen MR) is 74.1 cm³/mol. The average Bonchev–Trinajstić information content (AvgIpc) is 2.97. The van der Waals surface area contributed by atoms with Crippen molar-refractivity contribution in [2.24, 2.45) is 5.73 Å². The molecule has 1 heterocycles. The van der Waals surface area contributed by atoms with E-state index in [0.717, 1.165) is 13.0 Å². The van der Waals surface area contributed by atoms with Crippen molar-refractivity contribution in [3.8, 4) is 5.75 Å². The highest BCUT2D eigenvalue weighted by atomic mass is 16.5. The van der Waals surface area contributed by atoms with E-state index in [1.54, 1.807) is 12.1 Å². The van der Waals surface area contributed by atoms with Gasteiger partial charge in [-0.15, -0.1) is 0 Å². The monoisotopic (exact) mass is 277 g/mol. The third-order valence-corrected chi connectivity index (χ3v) is 3.23. The van der Waals surface area contributed by atoms with Crippen LogP contribution in [-0.4, -0.2) is 49.0 Å². The van der Waals surface area contributed by atoms with Gasteiger partial charge < -0.3 is 20.7 Å². The van der Waals surface area contributed by atoms with Gasteiger partial charge in [0.25, 0.3) is 5.91 Å². The fraction of sp³-hybridized carbons (Fsp3) is 0.429. The molecule has 1 aromatic carbocycles. The second kappa shape index (κ2) is 6.91. The first-order valence-electron chi connectivity index (χ1n) is 6.63. The lowest BCUT2D eigenvalue weighted by atomic mass is 10.2. The summed E-state index contributed by atoms with van der Waals surface area (Å²) in [5.74, 6) is -0.101. The standard InChI is InChI=1S/C14H19N3O3/c15-13(18)9-17(11-6-7-16-8-11)14(19)10-20-12-4-2-1-3-5-12/h1-5,11,16H,6-10H2,(H2,15,18). The normalized spacial score (nSPS) is 17.7. The van der Waals surface area contributed by atoms with Crippen LogP contribution in [0.15, 0.2) is 30.3 Å². The Bertz CT molecular complexity index is 458. The lowest BCUT2D eigenvalue weighted by molar-refractivity contribution is -0.139. The molecule has 1 aliphatic heterocycles. The SMILES string of the molecule is NC(=O)CN(C(=O)COc1ccccc1)C1CCNC1.